The van der Waals surface area contributed by atoms with E-state index in [2.05, 4.69) is 31.5 Å². The first kappa shape index (κ1) is 21.4. The Kier molecular flexibility index (Phi) is 6.05. The molecule has 0 amide bonds. The molecule has 164 valence electrons. The van der Waals surface area contributed by atoms with Crippen LogP contribution in [-0.2, 0) is 23.1 Å². The maximum absolute atomic E-state index is 12.7. The molecule has 0 radical (unpaired) electrons. The van der Waals surface area contributed by atoms with Crippen LogP contribution in [0.5, 0.6) is 0 Å². The highest BCUT2D eigenvalue weighted by atomic mass is 32.2. The fraction of sp³-hybridized carbons (Fsp3) is 0.333. The molecule has 1 fully saturated rings. The lowest BCUT2D eigenvalue weighted by atomic mass is 10.1. The van der Waals surface area contributed by atoms with Crippen LogP contribution in [0, 0.1) is 0 Å². The molecule has 31 heavy (non-hydrogen) atoms. The van der Waals surface area contributed by atoms with Crippen molar-refractivity contribution in [2.24, 2.45) is 0 Å². The van der Waals surface area contributed by atoms with E-state index in [0.29, 0.717) is 0 Å². The number of aromatic amines is 2. The molecule has 0 atom stereocenters. The van der Waals surface area contributed by atoms with E-state index in [4.69, 9.17) is 0 Å². The van der Waals surface area contributed by atoms with Gasteiger partial charge >= 0.3 is 5.69 Å². The van der Waals surface area contributed by atoms with Gasteiger partial charge < -0.3 is 9.88 Å². The molecule has 1 aromatic heterocycles. The monoisotopic (exact) mass is 443 g/mol. The highest BCUT2D eigenvalue weighted by molar-refractivity contribution is 7.89. The number of benzene rings is 2. The minimum absolute atomic E-state index is 0.0377. The van der Waals surface area contributed by atoms with Gasteiger partial charge in [-0.25, -0.2) is 17.9 Å². The average molecular weight is 444 g/mol. The number of nitrogens with zero attached hydrogens (tertiary/aromatic N) is 2. The van der Waals surface area contributed by atoms with Crippen LogP contribution in [0.4, 0.5) is 0 Å². The molecule has 2 heterocycles. The Bertz CT molecular complexity index is 1290. The number of sulfonamides is 1. The molecular formula is C21H25N5O4S. The minimum atomic E-state index is -3.82. The number of aromatic nitrogens is 2. The molecule has 2 aromatic carbocycles. The van der Waals surface area contributed by atoms with E-state index in [-0.39, 0.29) is 22.3 Å². The van der Waals surface area contributed by atoms with Gasteiger partial charge in [0, 0.05) is 39.3 Å². The van der Waals surface area contributed by atoms with Gasteiger partial charge in [-0.15, -0.1) is 0 Å². The molecule has 0 unspecified atom stereocenters. The molecule has 10 heteroatoms. The van der Waals surface area contributed by atoms with Crippen molar-refractivity contribution in [2.45, 2.75) is 18.0 Å². The average Bonchev–Trinajstić information content (AvgIpc) is 2.74. The van der Waals surface area contributed by atoms with Gasteiger partial charge in [0.05, 0.1) is 15.8 Å². The van der Waals surface area contributed by atoms with Gasteiger partial charge in [-0.3, -0.25) is 14.7 Å². The first-order valence-corrected chi connectivity index (χ1v) is 11.5. The zero-order valence-electron chi connectivity index (χ0n) is 17.2. The van der Waals surface area contributed by atoms with Gasteiger partial charge in [0.25, 0.3) is 5.56 Å². The van der Waals surface area contributed by atoms with Crippen molar-refractivity contribution in [3.63, 3.8) is 0 Å². The third-order valence-electron chi connectivity index (χ3n) is 5.51. The number of piperazine rings is 1. The fourth-order valence-electron chi connectivity index (χ4n) is 3.60. The summed E-state index contributed by atoms with van der Waals surface area (Å²) in [6.45, 7) is 5.24. The number of rotatable bonds is 6. The highest BCUT2D eigenvalue weighted by Crippen LogP contribution is 2.15. The Morgan fingerprint density at radius 2 is 1.61 bits per heavy atom. The van der Waals surface area contributed by atoms with Crippen LogP contribution in [0.3, 0.4) is 0 Å². The summed E-state index contributed by atoms with van der Waals surface area (Å²) < 4.78 is 27.9. The van der Waals surface area contributed by atoms with Crippen LogP contribution < -0.4 is 16.0 Å². The minimum Gasteiger partial charge on any atom is -0.307 e. The van der Waals surface area contributed by atoms with E-state index >= 15 is 0 Å². The Morgan fingerprint density at radius 3 is 2.32 bits per heavy atom. The van der Waals surface area contributed by atoms with Gasteiger partial charge in [0.2, 0.25) is 10.0 Å². The molecular weight excluding hydrogens is 418 g/mol. The second kappa shape index (κ2) is 8.75. The largest absolute Gasteiger partial charge is 0.326 e. The number of fused-ring (bicyclic) bond motifs is 1. The van der Waals surface area contributed by atoms with Gasteiger partial charge in [0.15, 0.2) is 0 Å². The lowest BCUT2D eigenvalue weighted by Gasteiger charge is -2.32. The van der Waals surface area contributed by atoms with Crippen LogP contribution in [0.15, 0.2) is 56.9 Å². The molecule has 0 bridgehead atoms. The molecule has 1 saturated heterocycles. The van der Waals surface area contributed by atoms with Crippen molar-refractivity contribution in [3.8, 4) is 0 Å². The first-order chi connectivity index (χ1) is 14.8. The summed E-state index contributed by atoms with van der Waals surface area (Å²) >= 11 is 0. The van der Waals surface area contributed by atoms with Crippen LogP contribution in [0.25, 0.3) is 10.9 Å². The zero-order valence-corrected chi connectivity index (χ0v) is 18.0. The highest BCUT2D eigenvalue weighted by Gasteiger charge is 2.16. The third kappa shape index (κ3) is 5.10. The molecule has 1 aliphatic heterocycles. The summed E-state index contributed by atoms with van der Waals surface area (Å²) in [4.78, 5) is 32.6. The van der Waals surface area contributed by atoms with E-state index in [1.54, 1.807) is 0 Å². The number of hydrogen-bond donors (Lipinski definition) is 3. The van der Waals surface area contributed by atoms with E-state index in [9.17, 15) is 18.0 Å². The maximum Gasteiger partial charge on any atom is 0.326 e. The Labute approximate surface area is 179 Å². The summed E-state index contributed by atoms with van der Waals surface area (Å²) in [5.74, 6) is 0. The molecule has 4 rings (SSSR count). The molecule has 0 aliphatic carbocycles. The second-order valence-electron chi connectivity index (χ2n) is 7.84. The Hall–Kier alpha value is -2.79. The van der Waals surface area contributed by atoms with Crippen molar-refractivity contribution in [1.82, 2.24) is 24.5 Å². The van der Waals surface area contributed by atoms with E-state index in [1.165, 1.54) is 23.8 Å². The SMILES string of the molecule is CN1CCN(Cc2ccc(CNS(=O)(=O)c3ccc4[nH]c(=O)[nH]c(=O)c4c3)cc2)CC1. The molecule has 1 aliphatic rings. The predicted molar refractivity (Wildman–Crippen MR) is 118 cm³/mol. The summed E-state index contributed by atoms with van der Waals surface area (Å²) in [5.41, 5.74) is 1.05. The van der Waals surface area contributed by atoms with Gasteiger partial charge in [-0.1, -0.05) is 24.3 Å². The van der Waals surface area contributed by atoms with Gasteiger partial charge in [0.1, 0.15) is 0 Å². The molecule has 9 nitrogen and oxygen atoms in total. The summed E-state index contributed by atoms with van der Waals surface area (Å²) in [6, 6.07) is 11.9. The number of H-pyrrole nitrogens is 2. The van der Waals surface area contributed by atoms with Crippen molar-refractivity contribution in [2.75, 3.05) is 33.2 Å². The standard InChI is InChI=1S/C21H25N5O4S/c1-25-8-10-26(11-9-25)14-16-4-2-15(3-5-16)13-22-31(29,30)17-6-7-19-18(12-17)20(27)24-21(28)23-19/h2-7,12,22H,8-11,13-14H2,1H3,(H2,23,24,27,28). The summed E-state index contributed by atoms with van der Waals surface area (Å²) in [5, 5.41) is 0.107. The van der Waals surface area contributed by atoms with E-state index in [0.717, 1.165) is 38.3 Å². The molecule has 3 N–H and O–H groups in total. The molecule has 0 spiro atoms. The van der Waals surface area contributed by atoms with Crippen molar-refractivity contribution < 1.29 is 8.42 Å². The van der Waals surface area contributed by atoms with E-state index < -0.39 is 21.3 Å². The van der Waals surface area contributed by atoms with Crippen LogP contribution >= 0.6 is 0 Å². The van der Waals surface area contributed by atoms with Crippen LogP contribution in [0.1, 0.15) is 11.1 Å². The van der Waals surface area contributed by atoms with E-state index in [1.807, 2.05) is 24.3 Å². The van der Waals surface area contributed by atoms with Crippen LogP contribution in [-0.4, -0.2) is 61.4 Å². The van der Waals surface area contributed by atoms with Gasteiger partial charge in [-0.2, -0.15) is 0 Å². The maximum atomic E-state index is 12.7. The second-order valence-corrected chi connectivity index (χ2v) is 9.60. The smallest absolute Gasteiger partial charge is 0.307 e. The first-order valence-electron chi connectivity index (χ1n) is 10.0. The normalized spacial score (nSPS) is 16.0. The van der Waals surface area contributed by atoms with Gasteiger partial charge in [-0.05, 0) is 36.4 Å². The Balaban J connectivity index is 1.42. The number of likely N-dealkylation sites (N-methyl/N-ethyl adjacent to an activating group) is 1. The molecule has 3 aromatic rings. The van der Waals surface area contributed by atoms with Crippen molar-refractivity contribution in [3.05, 3.63) is 74.4 Å². The lowest BCUT2D eigenvalue weighted by Crippen LogP contribution is -2.43. The Morgan fingerprint density at radius 1 is 0.935 bits per heavy atom. The number of hydrogen-bond acceptors (Lipinski definition) is 6. The third-order valence-corrected chi connectivity index (χ3v) is 6.91. The molecule has 0 saturated carbocycles. The topological polar surface area (TPSA) is 118 Å². The summed E-state index contributed by atoms with van der Waals surface area (Å²) in [6.07, 6.45) is 0. The zero-order chi connectivity index (χ0) is 22.0. The fourth-order valence-corrected chi connectivity index (χ4v) is 4.64. The number of nitrogens with one attached hydrogen (secondary N) is 3. The lowest BCUT2D eigenvalue weighted by molar-refractivity contribution is 0.148. The quantitative estimate of drug-likeness (QED) is 0.509. The van der Waals surface area contributed by atoms with Crippen molar-refractivity contribution >= 4 is 20.9 Å². The predicted octanol–water partition coefficient (Wildman–Crippen LogP) is 0.442. The summed E-state index contributed by atoms with van der Waals surface area (Å²) in [7, 11) is -1.69. The van der Waals surface area contributed by atoms with Crippen molar-refractivity contribution in [1.29, 1.82) is 0 Å². The van der Waals surface area contributed by atoms with Crippen LogP contribution in [0.2, 0.25) is 0 Å².